The third-order valence-electron chi connectivity index (χ3n) is 2.38. The molecule has 98 valence electrons. The molecule has 1 heterocycles. The normalized spacial score (nSPS) is 10.1. The summed E-state index contributed by atoms with van der Waals surface area (Å²) in [5.41, 5.74) is 0.492. The number of methoxy groups -OCH3 is 1. The number of carboxylic acids is 1. The highest BCUT2D eigenvalue weighted by molar-refractivity contribution is 5.94. The van der Waals surface area contributed by atoms with Crippen molar-refractivity contribution in [3.63, 3.8) is 0 Å². The van der Waals surface area contributed by atoms with E-state index in [1.165, 1.54) is 24.4 Å². The second-order valence-corrected chi connectivity index (χ2v) is 3.66. The van der Waals surface area contributed by atoms with E-state index in [1.54, 1.807) is 12.1 Å². The van der Waals surface area contributed by atoms with Crippen LogP contribution in [0.5, 0.6) is 0 Å². The Morgan fingerprint density at radius 1 is 1.33 bits per heavy atom. The zero-order valence-electron chi connectivity index (χ0n) is 10.2. The SMILES string of the molecule is COCCN(CCC(=O)O)C(=O)c1ccncc1. The van der Waals surface area contributed by atoms with Gasteiger partial charge >= 0.3 is 5.97 Å². The first-order valence-electron chi connectivity index (χ1n) is 5.55. The molecule has 0 aliphatic carbocycles. The number of carboxylic acid groups (broad SMARTS) is 1. The molecule has 1 N–H and O–H groups in total. The van der Waals surface area contributed by atoms with Crippen molar-refractivity contribution in [2.24, 2.45) is 0 Å². The van der Waals surface area contributed by atoms with Crippen LogP contribution < -0.4 is 0 Å². The lowest BCUT2D eigenvalue weighted by Gasteiger charge is -2.21. The van der Waals surface area contributed by atoms with Crippen molar-refractivity contribution in [2.45, 2.75) is 6.42 Å². The van der Waals surface area contributed by atoms with Crippen LogP contribution in [-0.2, 0) is 9.53 Å². The summed E-state index contributed by atoms with van der Waals surface area (Å²) in [7, 11) is 1.53. The van der Waals surface area contributed by atoms with Gasteiger partial charge in [-0.2, -0.15) is 0 Å². The van der Waals surface area contributed by atoms with Gasteiger partial charge in [-0.1, -0.05) is 0 Å². The molecule has 18 heavy (non-hydrogen) atoms. The lowest BCUT2D eigenvalue weighted by Crippen LogP contribution is -2.35. The molecule has 1 aromatic rings. The Labute approximate surface area is 105 Å². The molecule has 6 heteroatoms. The monoisotopic (exact) mass is 252 g/mol. The summed E-state index contributed by atoms with van der Waals surface area (Å²) in [4.78, 5) is 28.0. The van der Waals surface area contributed by atoms with Gasteiger partial charge in [0.25, 0.3) is 5.91 Å². The molecule has 0 radical (unpaired) electrons. The van der Waals surface area contributed by atoms with E-state index in [0.717, 1.165) is 0 Å². The summed E-state index contributed by atoms with van der Waals surface area (Å²) in [5, 5.41) is 8.66. The van der Waals surface area contributed by atoms with Gasteiger partial charge in [-0.3, -0.25) is 14.6 Å². The maximum absolute atomic E-state index is 12.1. The van der Waals surface area contributed by atoms with Crippen molar-refractivity contribution in [2.75, 3.05) is 26.8 Å². The van der Waals surface area contributed by atoms with Crippen LogP contribution in [0.1, 0.15) is 16.8 Å². The maximum atomic E-state index is 12.1. The van der Waals surface area contributed by atoms with Crippen LogP contribution in [0.4, 0.5) is 0 Å². The average Bonchev–Trinajstić information content (AvgIpc) is 2.39. The molecule has 0 bridgehead atoms. The Kier molecular flexibility index (Phi) is 5.79. The van der Waals surface area contributed by atoms with Crippen LogP contribution in [0.3, 0.4) is 0 Å². The van der Waals surface area contributed by atoms with Crippen LogP contribution in [0.2, 0.25) is 0 Å². The van der Waals surface area contributed by atoms with E-state index >= 15 is 0 Å². The lowest BCUT2D eigenvalue weighted by molar-refractivity contribution is -0.137. The minimum Gasteiger partial charge on any atom is -0.481 e. The second-order valence-electron chi connectivity index (χ2n) is 3.66. The third-order valence-corrected chi connectivity index (χ3v) is 2.38. The Morgan fingerprint density at radius 2 is 2.00 bits per heavy atom. The summed E-state index contributed by atoms with van der Waals surface area (Å²) in [6.07, 6.45) is 2.97. The quantitative estimate of drug-likeness (QED) is 0.770. The van der Waals surface area contributed by atoms with E-state index in [9.17, 15) is 9.59 Å². The topological polar surface area (TPSA) is 79.7 Å². The molecule has 6 nitrogen and oxygen atoms in total. The Morgan fingerprint density at radius 3 is 2.56 bits per heavy atom. The lowest BCUT2D eigenvalue weighted by atomic mass is 10.2. The van der Waals surface area contributed by atoms with Crippen molar-refractivity contribution in [3.05, 3.63) is 30.1 Å². The first-order chi connectivity index (χ1) is 8.65. The van der Waals surface area contributed by atoms with Gasteiger partial charge in [-0.25, -0.2) is 0 Å². The Hall–Kier alpha value is -1.95. The number of hydrogen-bond acceptors (Lipinski definition) is 4. The van der Waals surface area contributed by atoms with Crippen LogP contribution in [0.25, 0.3) is 0 Å². The minimum atomic E-state index is -0.931. The molecule has 0 atom stereocenters. The number of nitrogens with zero attached hydrogens (tertiary/aromatic N) is 2. The molecular weight excluding hydrogens is 236 g/mol. The number of ether oxygens (including phenoxy) is 1. The number of hydrogen-bond donors (Lipinski definition) is 1. The number of rotatable bonds is 7. The summed E-state index contributed by atoms with van der Waals surface area (Å²) >= 11 is 0. The highest BCUT2D eigenvalue weighted by Crippen LogP contribution is 2.04. The third kappa shape index (κ3) is 4.50. The maximum Gasteiger partial charge on any atom is 0.305 e. The number of carbonyl (C=O) groups excluding carboxylic acids is 1. The number of pyridine rings is 1. The second kappa shape index (κ2) is 7.39. The Bertz CT molecular complexity index is 394. The molecule has 1 rings (SSSR count). The zero-order chi connectivity index (χ0) is 13.4. The van der Waals surface area contributed by atoms with Gasteiger partial charge < -0.3 is 14.7 Å². The first-order valence-corrected chi connectivity index (χ1v) is 5.55. The summed E-state index contributed by atoms with van der Waals surface area (Å²) in [5.74, 6) is -1.14. The number of aromatic nitrogens is 1. The van der Waals surface area contributed by atoms with E-state index < -0.39 is 5.97 Å². The minimum absolute atomic E-state index is 0.0828. The van der Waals surface area contributed by atoms with Gasteiger partial charge in [0.1, 0.15) is 0 Å². The fourth-order valence-electron chi connectivity index (χ4n) is 1.42. The predicted molar refractivity (Wildman–Crippen MR) is 64.3 cm³/mol. The number of carbonyl (C=O) groups is 2. The fraction of sp³-hybridized carbons (Fsp3) is 0.417. The van der Waals surface area contributed by atoms with E-state index in [4.69, 9.17) is 9.84 Å². The molecular formula is C12H16N2O4. The molecule has 1 amide bonds. The fourth-order valence-corrected chi connectivity index (χ4v) is 1.42. The highest BCUT2D eigenvalue weighted by atomic mass is 16.5. The van der Waals surface area contributed by atoms with Crippen molar-refractivity contribution < 1.29 is 19.4 Å². The molecule has 0 spiro atoms. The number of aliphatic carboxylic acids is 1. The van der Waals surface area contributed by atoms with Crippen molar-refractivity contribution in [3.8, 4) is 0 Å². The van der Waals surface area contributed by atoms with Crippen molar-refractivity contribution in [1.82, 2.24) is 9.88 Å². The van der Waals surface area contributed by atoms with Crippen LogP contribution in [-0.4, -0.2) is 53.7 Å². The Balaban J connectivity index is 2.69. The standard InChI is InChI=1S/C12H16N2O4/c1-18-9-8-14(7-4-11(15)16)12(17)10-2-5-13-6-3-10/h2-3,5-6H,4,7-9H2,1H3,(H,15,16). The van der Waals surface area contributed by atoms with E-state index in [0.29, 0.717) is 18.7 Å². The molecule has 0 aliphatic rings. The predicted octanol–water partition coefficient (Wildman–Crippen LogP) is 0.645. The van der Waals surface area contributed by atoms with Crippen molar-refractivity contribution >= 4 is 11.9 Å². The average molecular weight is 252 g/mol. The van der Waals surface area contributed by atoms with Gasteiger partial charge in [-0.05, 0) is 12.1 Å². The molecule has 0 unspecified atom stereocenters. The van der Waals surface area contributed by atoms with Gasteiger partial charge in [0.15, 0.2) is 0 Å². The molecule has 0 saturated carbocycles. The van der Waals surface area contributed by atoms with E-state index in [2.05, 4.69) is 4.98 Å². The molecule has 0 aromatic carbocycles. The van der Waals surface area contributed by atoms with Crippen molar-refractivity contribution in [1.29, 1.82) is 0 Å². The summed E-state index contributed by atoms with van der Waals surface area (Å²) < 4.78 is 4.91. The van der Waals surface area contributed by atoms with Crippen LogP contribution in [0, 0.1) is 0 Å². The van der Waals surface area contributed by atoms with Gasteiger partial charge in [0.2, 0.25) is 0 Å². The summed E-state index contributed by atoms with van der Waals surface area (Å²) in [6.45, 7) is 0.904. The van der Waals surface area contributed by atoms with Gasteiger partial charge in [-0.15, -0.1) is 0 Å². The first kappa shape index (κ1) is 14.1. The van der Waals surface area contributed by atoms with Gasteiger partial charge in [0, 0.05) is 38.2 Å². The summed E-state index contributed by atoms with van der Waals surface area (Å²) in [6, 6.07) is 3.20. The highest BCUT2D eigenvalue weighted by Gasteiger charge is 2.16. The molecule has 1 aromatic heterocycles. The van der Waals surface area contributed by atoms with E-state index in [1.807, 2.05) is 0 Å². The van der Waals surface area contributed by atoms with Crippen LogP contribution >= 0.6 is 0 Å². The molecule has 0 saturated heterocycles. The molecule has 0 fully saturated rings. The van der Waals surface area contributed by atoms with Crippen LogP contribution in [0.15, 0.2) is 24.5 Å². The smallest absolute Gasteiger partial charge is 0.305 e. The largest absolute Gasteiger partial charge is 0.481 e. The zero-order valence-corrected chi connectivity index (χ0v) is 10.2. The van der Waals surface area contributed by atoms with Gasteiger partial charge in [0.05, 0.1) is 13.0 Å². The van der Waals surface area contributed by atoms with E-state index in [-0.39, 0.29) is 18.9 Å². The molecule has 0 aliphatic heterocycles. The number of amides is 1.